The van der Waals surface area contributed by atoms with Gasteiger partial charge in [-0.25, -0.2) is 0 Å². The van der Waals surface area contributed by atoms with Gasteiger partial charge in [0, 0.05) is 35.2 Å². The quantitative estimate of drug-likeness (QED) is 0.697. The molecule has 21 heavy (non-hydrogen) atoms. The van der Waals surface area contributed by atoms with Crippen LogP contribution in [0.3, 0.4) is 0 Å². The standard InChI is InChI=1S/C18H20BrNO/c1-3-20(17-10-5-4-7-14(17)2)12-11-18(21)15-8-6-9-16(19)13-15/h4-10,13H,3,11-12H2,1-2H3. The highest BCUT2D eigenvalue weighted by atomic mass is 79.9. The summed E-state index contributed by atoms with van der Waals surface area (Å²) in [6.45, 7) is 5.87. The highest BCUT2D eigenvalue weighted by Gasteiger charge is 2.11. The third-order valence-corrected chi connectivity index (χ3v) is 4.09. The molecule has 110 valence electrons. The molecule has 0 saturated heterocycles. The molecule has 0 aliphatic rings. The Hall–Kier alpha value is -1.61. The second-order valence-electron chi connectivity index (χ2n) is 5.05. The maximum atomic E-state index is 12.3. The van der Waals surface area contributed by atoms with Crippen LogP contribution in [-0.2, 0) is 0 Å². The number of anilines is 1. The van der Waals surface area contributed by atoms with Gasteiger partial charge < -0.3 is 4.90 Å². The Kier molecular flexibility index (Phi) is 5.57. The zero-order valence-corrected chi connectivity index (χ0v) is 14.1. The largest absolute Gasteiger partial charge is 0.371 e. The van der Waals surface area contributed by atoms with Gasteiger partial charge in [0.05, 0.1) is 0 Å². The summed E-state index contributed by atoms with van der Waals surface area (Å²) in [5, 5.41) is 0. The number of rotatable bonds is 6. The molecule has 0 radical (unpaired) electrons. The summed E-state index contributed by atoms with van der Waals surface area (Å²) in [5.74, 6) is 0.184. The SMILES string of the molecule is CCN(CCC(=O)c1cccc(Br)c1)c1ccccc1C. The minimum atomic E-state index is 0.184. The first-order valence-corrected chi connectivity index (χ1v) is 8.00. The maximum Gasteiger partial charge on any atom is 0.164 e. The summed E-state index contributed by atoms with van der Waals surface area (Å²) in [4.78, 5) is 14.5. The van der Waals surface area contributed by atoms with Crippen LogP contribution in [0, 0.1) is 6.92 Å². The van der Waals surface area contributed by atoms with Gasteiger partial charge >= 0.3 is 0 Å². The molecule has 0 aliphatic carbocycles. The van der Waals surface area contributed by atoms with Crippen molar-refractivity contribution in [2.75, 3.05) is 18.0 Å². The zero-order chi connectivity index (χ0) is 15.2. The van der Waals surface area contributed by atoms with Gasteiger partial charge in [0.2, 0.25) is 0 Å². The van der Waals surface area contributed by atoms with Gasteiger partial charge in [0.1, 0.15) is 0 Å². The number of hydrogen-bond donors (Lipinski definition) is 0. The van der Waals surface area contributed by atoms with Gasteiger partial charge in [-0.1, -0.05) is 46.3 Å². The molecule has 2 aromatic rings. The van der Waals surface area contributed by atoms with E-state index < -0.39 is 0 Å². The maximum absolute atomic E-state index is 12.3. The van der Waals surface area contributed by atoms with Gasteiger partial charge in [0.25, 0.3) is 0 Å². The molecule has 0 atom stereocenters. The molecule has 0 spiro atoms. The number of hydrogen-bond acceptors (Lipinski definition) is 2. The number of halogens is 1. The summed E-state index contributed by atoms with van der Waals surface area (Å²) < 4.78 is 0.944. The van der Waals surface area contributed by atoms with Crippen LogP contribution in [0.4, 0.5) is 5.69 Å². The predicted molar refractivity (Wildman–Crippen MR) is 92.2 cm³/mol. The Bertz CT molecular complexity index is 624. The number of aryl methyl sites for hydroxylation is 1. The van der Waals surface area contributed by atoms with E-state index in [-0.39, 0.29) is 5.78 Å². The molecule has 0 amide bonds. The normalized spacial score (nSPS) is 10.4. The van der Waals surface area contributed by atoms with E-state index in [0.717, 1.165) is 23.1 Å². The number of Topliss-reactive ketones (excluding diaryl/α,β-unsaturated/α-hetero) is 1. The Balaban J connectivity index is 2.04. The molecule has 3 heteroatoms. The lowest BCUT2D eigenvalue weighted by atomic mass is 10.1. The van der Waals surface area contributed by atoms with Crippen LogP contribution in [0.15, 0.2) is 53.0 Å². The van der Waals surface area contributed by atoms with Crippen molar-refractivity contribution >= 4 is 27.4 Å². The van der Waals surface area contributed by atoms with Crippen molar-refractivity contribution in [3.63, 3.8) is 0 Å². The molecule has 0 unspecified atom stereocenters. The Morgan fingerprint density at radius 1 is 1.14 bits per heavy atom. The van der Waals surface area contributed by atoms with Crippen LogP contribution < -0.4 is 4.90 Å². The Labute approximate surface area is 134 Å². The molecule has 0 saturated carbocycles. The van der Waals surface area contributed by atoms with E-state index in [1.54, 1.807) is 0 Å². The minimum absolute atomic E-state index is 0.184. The molecule has 0 bridgehead atoms. The second kappa shape index (κ2) is 7.41. The number of carbonyl (C=O) groups excluding carboxylic acids is 1. The van der Waals surface area contributed by atoms with E-state index >= 15 is 0 Å². The molecule has 0 aromatic heterocycles. The smallest absolute Gasteiger partial charge is 0.164 e. The first-order valence-electron chi connectivity index (χ1n) is 7.21. The van der Waals surface area contributed by atoms with Crippen LogP contribution in [0.2, 0.25) is 0 Å². The summed E-state index contributed by atoms with van der Waals surface area (Å²) >= 11 is 3.41. The van der Waals surface area contributed by atoms with E-state index in [9.17, 15) is 4.79 Å². The summed E-state index contributed by atoms with van der Waals surface area (Å²) in [6.07, 6.45) is 0.526. The topological polar surface area (TPSA) is 20.3 Å². The number of nitrogens with zero attached hydrogens (tertiary/aromatic N) is 1. The fourth-order valence-corrected chi connectivity index (χ4v) is 2.81. The molecule has 2 nitrogen and oxygen atoms in total. The summed E-state index contributed by atoms with van der Waals surface area (Å²) in [7, 11) is 0. The molecule has 0 fully saturated rings. The highest BCUT2D eigenvalue weighted by molar-refractivity contribution is 9.10. The molecular formula is C18H20BrNO. The van der Waals surface area contributed by atoms with E-state index in [1.165, 1.54) is 11.3 Å². The van der Waals surface area contributed by atoms with E-state index in [0.29, 0.717) is 6.42 Å². The van der Waals surface area contributed by atoms with Gasteiger partial charge in [0.15, 0.2) is 5.78 Å². The first kappa shape index (κ1) is 15.8. The Morgan fingerprint density at radius 3 is 2.57 bits per heavy atom. The minimum Gasteiger partial charge on any atom is -0.371 e. The zero-order valence-electron chi connectivity index (χ0n) is 12.5. The average molecular weight is 346 g/mol. The lowest BCUT2D eigenvalue weighted by Gasteiger charge is -2.24. The fraction of sp³-hybridized carbons (Fsp3) is 0.278. The van der Waals surface area contributed by atoms with Crippen LogP contribution in [-0.4, -0.2) is 18.9 Å². The number of carbonyl (C=O) groups is 1. The van der Waals surface area contributed by atoms with Crippen LogP contribution in [0.25, 0.3) is 0 Å². The fourth-order valence-electron chi connectivity index (χ4n) is 2.41. The van der Waals surface area contributed by atoms with E-state index in [2.05, 4.69) is 46.8 Å². The lowest BCUT2D eigenvalue weighted by molar-refractivity contribution is 0.0984. The molecule has 0 heterocycles. The summed E-state index contributed by atoms with van der Waals surface area (Å²) in [6, 6.07) is 15.9. The van der Waals surface area contributed by atoms with Gasteiger partial charge in [-0.3, -0.25) is 4.79 Å². The third kappa shape index (κ3) is 4.18. The molecule has 2 rings (SSSR count). The highest BCUT2D eigenvalue weighted by Crippen LogP contribution is 2.20. The third-order valence-electron chi connectivity index (χ3n) is 3.59. The predicted octanol–water partition coefficient (Wildman–Crippen LogP) is 4.86. The van der Waals surface area contributed by atoms with Gasteiger partial charge in [-0.15, -0.1) is 0 Å². The van der Waals surface area contributed by atoms with Crippen molar-refractivity contribution in [3.8, 4) is 0 Å². The number of ketones is 1. The van der Waals surface area contributed by atoms with Crippen molar-refractivity contribution in [1.29, 1.82) is 0 Å². The van der Waals surface area contributed by atoms with Gasteiger partial charge in [-0.2, -0.15) is 0 Å². The van der Waals surface area contributed by atoms with Crippen molar-refractivity contribution < 1.29 is 4.79 Å². The van der Waals surface area contributed by atoms with Crippen LogP contribution in [0.5, 0.6) is 0 Å². The summed E-state index contributed by atoms with van der Waals surface area (Å²) in [5.41, 5.74) is 3.22. The van der Waals surface area contributed by atoms with Crippen LogP contribution in [0.1, 0.15) is 29.3 Å². The first-order chi connectivity index (χ1) is 10.1. The lowest BCUT2D eigenvalue weighted by Crippen LogP contribution is -2.26. The van der Waals surface area contributed by atoms with Crippen molar-refractivity contribution in [2.45, 2.75) is 20.3 Å². The van der Waals surface area contributed by atoms with Crippen molar-refractivity contribution in [3.05, 3.63) is 64.1 Å². The molecule has 0 N–H and O–H groups in total. The van der Waals surface area contributed by atoms with Gasteiger partial charge in [-0.05, 0) is 37.6 Å². The Morgan fingerprint density at radius 2 is 1.90 bits per heavy atom. The molecule has 0 aliphatic heterocycles. The van der Waals surface area contributed by atoms with Crippen LogP contribution >= 0.6 is 15.9 Å². The van der Waals surface area contributed by atoms with Crippen molar-refractivity contribution in [1.82, 2.24) is 0 Å². The van der Waals surface area contributed by atoms with E-state index in [1.807, 2.05) is 36.4 Å². The number of benzene rings is 2. The van der Waals surface area contributed by atoms with Crippen molar-refractivity contribution in [2.24, 2.45) is 0 Å². The monoisotopic (exact) mass is 345 g/mol. The second-order valence-corrected chi connectivity index (χ2v) is 5.97. The van der Waals surface area contributed by atoms with E-state index in [4.69, 9.17) is 0 Å². The molecular weight excluding hydrogens is 326 g/mol. The molecule has 2 aromatic carbocycles. The number of para-hydroxylation sites is 1. The average Bonchev–Trinajstić information content (AvgIpc) is 2.49.